The number of benzene rings is 3. The molecule has 8 heteroatoms. The molecule has 0 saturated carbocycles. The minimum Gasteiger partial charge on any atom is -0.493 e. The Kier molecular flexibility index (Phi) is 7.49. The molecule has 2 amide bonds. The molecule has 34 heavy (non-hydrogen) atoms. The molecular formula is C26H22FNO5S. The molecular weight excluding hydrogens is 457 g/mol. The van der Waals surface area contributed by atoms with Gasteiger partial charge in [-0.1, -0.05) is 36.4 Å². The van der Waals surface area contributed by atoms with Crippen molar-refractivity contribution < 1.29 is 28.2 Å². The summed E-state index contributed by atoms with van der Waals surface area (Å²) in [6.07, 6.45) is 1.66. The Morgan fingerprint density at radius 1 is 0.941 bits per heavy atom. The highest BCUT2D eigenvalue weighted by molar-refractivity contribution is 8.18. The van der Waals surface area contributed by atoms with E-state index in [0.717, 1.165) is 22.9 Å². The molecule has 4 rings (SSSR count). The summed E-state index contributed by atoms with van der Waals surface area (Å²) < 4.78 is 29.7. The largest absolute Gasteiger partial charge is 0.493 e. The molecule has 174 valence electrons. The molecule has 0 atom stereocenters. The molecule has 3 aromatic rings. The van der Waals surface area contributed by atoms with Crippen molar-refractivity contribution in [2.45, 2.75) is 6.61 Å². The van der Waals surface area contributed by atoms with Gasteiger partial charge in [-0.2, -0.15) is 0 Å². The summed E-state index contributed by atoms with van der Waals surface area (Å²) >= 11 is 0.890. The van der Waals surface area contributed by atoms with Gasteiger partial charge in [-0.05, 0) is 65.4 Å². The quantitative estimate of drug-likeness (QED) is 0.376. The van der Waals surface area contributed by atoms with Crippen LogP contribution in [0.5, 0.6) is 17.2 Å². The van der Waals surface area contributed by atoms with Crippen LogP contribution in [-0.2, 0) is 11.4 Å². The molecule has 0 aliphatic carbocycles. The molecule has 6 nitrogen and oxygen atoms in total. The van der Waals surface area contributed by atoms with Gasteiger partial charge in [-0.3, -0.25) is 14.5 Å². The third-order valence-electron chi connectivity index (χ3n) is 4.99. The van der Waals surface area contributed by atoms with E-state index < -0.39 is 0 Å². The summed E-state index contributed by atoms with van der Waals surface area (Å²) in [4.78, 5) is 26.7. The lowest BCUT2D eigenvalue weighted by molar-refractivity contribution is -0.123. The molecule has 0 N–H and O–H groups in total. The van der Waals surface area contributed by atoms with Gasteiger partial charge in [0.1, 0.15) is 24.8 Å². The Hall–Kier alpha value is -3.78. The maximum Gasteiger partial charge on any atom is 0.293 e. The number of imide groups is 1. The summed E-state index contributed by atoms with van der Waals surface area (Å²) in [6.45, 7) is 0.561. The molecule has 0 bridgehead atoms. The number of rotatable bonds is 9. The van der Waals surface area contributed by atoms with Crippen molar-refractivity contribution in [3.63, 3.8) is 0 Å². The van der Waals surface area contributed by atoms with Crippen LogP contribution in [0.25, 0.3) is 6.08 Å². The van der Waals surface area contributed by atoms with Crippen LogP contribution < -0.4 is 14.2 Å². The van der Waals surface area contributed by atoms with Crippen molar-refractivity contribution in [3.8, 4) is 17.2 Å². The molecule has 0 spiro atoms. The summed E-state index contributed by atoms with van der Waals surface area (Å²) in [5.41, 5.74) is 1.57. The maximum absolute atomic E-state index is 13.0. The van der Waals surface area contributed by atoms with Crippen LogP contribution in [0.3, 0.4) is 0 Å². The zero-order valence-corrected chi connectivity index (χ0v) is 19.2. The van der Waals surface area contributed by atoms with E-state index in [0.29, 0.717) is 22.2 Å². The van der Waals surface area contributed by atoms with E-state index in [4.69, 9.17) is 14.2 Å². The number of carbonyl (C=O) groups is 2. The summed E-state index contributed by atoms with van der Waals surface area (Å²) in [7, 11) is 1.55. The number of thioether (sulfide) groups is 1. The topological polar surface area (TPSA) is 65.1 Å². The van der Waals surface area contributed by atoms with Crippen LogP contribution in [0.4, 0.5) is 9.18 Å². The molecule has 0 unspecified atom stereocenters. The van der Waals surface area contributed by atoms with Gasteiger partial charge >= 0.3 is 0 Å². The van der Waals surface area contributed by atoms with Crippen LogP contribution in [0.1, 0.15) is 11.1 Å². The van der Waals surface area contributed by atoms with Gasteiger partial charge in [0.15, 0.2) is 11.5 Å². The molecule has 1 fully saturated rings. The second kappa shape index (κ2) is 10.9. The lowest BCUT2D eigenvalue weighted by atomic mass is 10.2. The highest BCUT2D eigenvalue weighted by atomic mass is 32.2. The zero-order chi connectivity index (χ0) is 23.9. The van der Waals surface area contributed by atoms with E-state index in [1.807, 2.05) is 18.2 Å². The molecule has 1 saturated heterocycles. The SMILES string of the molecule is COc1ccccc1OCCN1C(=O)S/C(=C\c2cccc(OCc3ccc(F)cc3)c2)C1=O. The Bertz CT molecular complexity index is 1210. The fraction of sp³-hybridized carbons (Fsp3) is 0.154. The molecule has 3 aromatic carbocycles. The first kappa shape index (κ1) is 23.4. The predicted molar refractivity (Wildman–Crippen MR) is 128 cm³/mol. The van der Waals surface area contributed by atoms with E-state index in [1.54, 1.807) is 55.7 Å². The number of carbonyl (C=O) groups excluding carboxylic acids is 2. The van der Waals surface area contributed by atoms with Gasteiger partial charge in [0.05, 0.1) is 18.6 Å². The van der Waals surface area contributed by atoms with E-state index in [9.17, 15) is 14.0 Å². The number of methoxy groups -OCH3 is 1. The standard InChI is InChI=1S/C26H22FNO5S/c1-31-22-7-2-3-8-23(22)32-14-13-28-25(29)24(34-26(28)30)16-19-5-4-6-21(15-19)33-17-18-9-11-20(27)12-10-18/h2-12,15-16H,13-14,17H2,1H3/b24-16-. The van der Waals surface area contributed by atoms with E-state index in [2.05, 4.69) is 0 Å². The molecule has 1 heterocycles. The predicted octanol–water partition coefficient (Wildman–Crippen LogP) is 5.53. The lowest BCUT2D eigenvalue weighted by Crippen LogP contribution is -2.32. The van der Waals surface area contributed by atoms with Crippen LogP contribution in [-0.4, -0.2) is 36.3 Å². The van der Waals surface area contributed by atoms with Crippen molar-refractivity contribution in [3.05, 3.63) is 94.6 Å². The van der Waals surface area contributed by atoms with Gasteiger partial charge in [0.2, 0.25) is 0 Å². The van der Waals surface area contributed by atoms with Crippen LogP contribution >= 0.6 is 11.8 Å². The van der Waals surface area contributed by atoms with E-state index in [1.165, 1.54) is 17.0 Å². The van der Waals surface area contributed by atoms with Crippen LogP contribution in [0, 0.1) is 5.82 Å². The van der Waals surface area contributed by atoms with Gasteiger partial charge in [0.25, 0.3) is 11.1 Å². The number of nitrogens with zero attached hydrogens (tertiary/aromatic N) is 1. The average molecular weight is 480 g/mol. The second-order valence-corrected chi connectivity index (χ2v) is 8.31. The summed E-state index contributed by atoms with van der Waals surface area (Å²) in [6, 6.07) is 20.5. The Morgan fingerprint density at radius 2 is 1.71 bits per heavy atom. The average Bonchev–Trinajstić information content (AvgIpc) is 3.11. The van der Waals surface area contributed by atoms with Crippen LogP contribution in [0.2, 0.25) is 0 Å². The number of hydrogen-bond donors (Lipinski definition) is 0. The number of para-hydroxylation sites is 2. The van der Waals surface area contributed by atoms with Crippen molar-refractivity contribution in [1.82, 2.24) is 4.90 Å². The van der Waals surface area contributed by atoms with Crippen molar-refractivity contribution in [1.29, 1.82) is 0 Å². The minimum atomic E-state index is -0.365. The first-order valence-corrected chi connectivity index (χ1v) is 11.3. The lowest BCUT2D eigenvalue weighted by Gasteiger charge is -2.14. The maximum atomic E-state index is 13.0. The molecule has 0 aromatic heterocycles. The number of hydrogen-bond acceptors (Lipinski definition) is 6. The first-order chi connectivity index (χ1) is 16.5. The van der Waals surface area contributed by atoms with Gasteiger partial charge in [-0.15, -0.1) is 0 Å². The fourth-order valence-corrected chi connectivity index (χ4v) is 4.14. The molecule has 0 radical (unpaired) electrons. The van der Waals surface area contributed by atoms with E-state index >= 15 is 0 Å². The third-order valence-corrected chi connectivity index (χ3v) is 5.90. The number of halogens is 1. The highest BCUT2D eigenvalue weighted by Gasteiger charge is 2.34. The second-order valence-electron chi connectivity index (χ2n) is 7.32. The third kappa shape index (κ3) is 5.77. The van der Waals surface area contributed by atoms with Gasteiger partial charge < -0.3 is 14.2 Å². The molecule has 1 aliphatic heterocycles. The van der Waals surface area contributed by atoms with Crippen molar-refractivity contribution in [2.24, 2.45) is 0 Å². The van der Waals surface area contributed by atoms with Crippen molar-refractivity contribution in [2.75, 3.05) is 20.3 Å². The zero-order valence-electron chi connectivity index (χ0n) is 18.4. The molecule has 1 aliphatic rings. The van der Waals surface area contributed by atoms with Crippen molar-refractivity contribution >= 4 is 29.0 Å². The van der Waals surface area contributed by atoms with Gasteiger partial charge in [0, 0.05) is 0 Å². The first-order valence-electron chi connectivity index (χ1n) is 10.5. The monoisotopic (exact) mass is 479 g/mol. The van der Waals surface area contributed by atoms with Crippen LogP contribution in [0.15, 0.2) is 77.7 Å². The summed E-state index contributed by atoms with van der Waals surface area (Å²) in [5, 5.41) is -0.344. The normalized spacial score (nSPS) is 14.5. The summed E-state index contributed by atoms with van der Waals surface area (Å²) in [5.74, 6) is 1.06. The number of amides is 2. The Morgan fingerprint density at radius 3 is 2.47 bits per heavy atom. The minimum absolute atomic E-state index is 0.126. The van der Waals surface area contributed by atoms with E-state index in [-0.39, 0.29) is 36.7 Å². The Labute approximate surface area is 200 Å². The fourth-order valence-electron chi connectivity index (χ4n) is 3.27. The van der Waals surface area contributed by atoms with Gasteiger partial charge in [-0.25, -0.2) is 4.39 Å². The number of ether oxygens (including phenoxy) is 3. The Balaban J connectivity index is 1.36. The highest BCUT2D eigenvalue weighted by Crippen LogP contribution is 2.33. The smallest absolute Gasteiger partial charge is 0.293 e.